The molecule has 0 saturated carbocycles. The van der Waals surface area contributed by atoms with Gasteiger partial charge in [0.25, 0.3) is 5.91 Å². The normalized spacial score (nSPS) is 15.1. The number of hydrogen-bond donors (Lipinski definition) is 1. The molecule has 2 aromatic rings. The monoisotopic (exact) mass is 328 g/mol. The number of nitrogens with zero attached hydrogens (tertiary/aromatic N) is 1. The first-order chi connectivity index (χ1) is 11.7. The van der Waals surface area contributed by atoms with Crippen molar-refractivity contribution in [3.05, 3.63) is 60.1 Å². The van der Waals surface area contributed by atoms with Gasteiger partial charge in [0.2, 0.25) is 0 Å². The molecule has 2 heterocycles. The van der Waals surface area contributed by atoms with Gasteiger partial charge in [-0.05, 0) is 30.5 Å². The van der Waals surface area contributed by atoms with E-state index in [0.717, 1.165) is 5.56 Å². The van der Waals surface area contributed by atoms with Crippen LogP contribution in [0.15, 0.2) is 53.1 Å². The number of furan rings is 1. The fraction of sp³-hybridized carbons (Fsp3) is 0.333. The van der Waals surface area contributed by atoms with Gasteiger partial charge in [0.05, 0.1) is 6.26 Å². The van der Waals surface area contributed by atoms with Crippen LogP contribution in [-0.2, 0) is 11.3 Å². The molecular formula is C18H20N2O4. The van der Waals surface area contributed by atoms with E-state index in [0.29, 0.717) is 31.7 Å². The van der Waals surface area contributed by atoms with Gasteiger partial charge in [-0.1, -0.05) is 30.3 Å². The summed E-state index contributed by atoms with van der Waals surface area (Å²) >= 11 is 0. The predicted octanol–water partition coefficient (Wildman–Crippen LogP) is 2.81. The molecule has 0 spiro atoms. The molecule has 0 radical (unpaired) electrons. The smallest absolute Gasteiger partial charge is 0.410 e. The van der Waals surface area contributed by atoms with Crippen molar-refractivity contribution in [2.45, 2.75) is 25.5 Å². The summed E-state index contributed by atoms with van der Waals surface area (Å²) in [4.78, 5) is 25.7. The maximum Gasteiger partial charge on any atom is 0.410 e. The lowest BCUT2D eigenvalue weighted by atomic mass is 10.1. The maximum absolute atomic E-state index is 12.1. The maximum atomic E-state index is 12.1. The van der Waals surface area contributed by atoms with Crippen LogP contribution in [0.1, 0.15) is 29.0 Å². The van der Waals surface area contributed by atoms with E-state index in [1.165, 1.54) is 6.26 Å². The molecule has 1 aromatic heterocycles. The van der Waals surface area contributed by atoms with Crippen molar-refractivity contribution in [1.82, 2.24) is 10.2 Å². The summed E-state index contributed by atoms with van der Waals surface area (Å²) in [7, 11) is 0. The van der Waals surface area contributed by atoms with E-state index in [1.54, 1.807) is 17.0 Å². The Balaban J connectivity index is 1.41. The Morgan fingerprint density at radius 1 is 1.12 bits per heavy atom. The SMILES string of the molecule is O=C(NC1CCN(C(=O)OCc2ccccc2)CC1)c1ccco1. The Hall–Kier alpha value is -2.76. The zero-order chi connectivity index (χ0) is 16.8. The van der Waals surface area contributed by atoms with Crippen molar-refractivity contribution in [3.8, 4) is 0 Å². The Morgan fingerprint density at radius 2 is 1.88 bits per heavy atom. The fourth-order valence-corrected chi connectivity index (χ4v) is 2.68. The van der Waals surface area contributed by atoms with Gasteiger partial charge in [0, 0.05) is 19.1 Å². The van der Waals surface area contributed by atoms with Crippen LogP contribution < -0.4 is 5.32 Å². The van der Waals surface area contributed by atoms with Crippen LogP contribution >= 0.6 is 0 Å². The van der Waals surface area contributed by atoms with Gasteiger partial charge in [-0.25, -0.2) is 4.79 Å². The van der Waals surface area contributed by atoms with Crippen LogP contribution in [0, 0.1) is 0 Å². The second kappa shape index (κ2) is 7.68. The third-order valence-electron chi connectivity index (χ3n) is 4.04. The molecule has 0 atom stereocenters. The number of ether oxygens (including phenoxy) is 1. The van der Waals surface area contributed by atoms with E-state index in [-0.39, 0.29) is 24.6 Å². The highest BCUT2D eigenvalue weighted by atomic mass is 16.6. The topological polar surface area (TPSA) is 71.8 Å². The second-order valence-corrected chi connectivity index (χ2v) is 5.75. The number of likely N-dealkylation sites (tertiary alicyclic amines) is 1. The molecule has 0 aliphatic carbocycles. The van der Waals surface area contributed by atoms with Gasteiger partial charge in [0.1, 0.15) is 6.61 Å². The molecule has 1 aromatic carbocycles. The van der Waals surface area contributed by atoms with Gasteiger partial charge in [-0.15, -0.1) is 0 Å². The number of piperidine rings is 1. The first kappa shape index (κ1) is 16.1. The van der Waals surface area contributed by atoms with Crippen LogP contribution in [-0.4, -0.2) is 36.0 Å². The first-order valence-corrected chi connectivity index (χ1v) is 8.02. The standard InChI is InChI=1S/C18H20N2O4/c21-17(16-7-4-12-23-16)19-15-8-10-20(11-9-15)18(22)24-13-14-5-2-1-3-6-14/h1-7,12,15H,8-11,13H2,(H,19,21). The van der Waals surface area contributed by atoms with Crippen molar-refractivity contribution in [2.24, 2.45) is 0 Å². The van der Waals surface area contributed by atoms with E-state index in [1.807, 2.05) is 30.3 Å². The molecule has 1 aliphatic heterocycles. The van der Waals surface area contributed by atoms with Gasteiger partial charge in [-0.2, -0.15) is 0 Å². The minimum absolute atomic E-state index is 0.0424. The number of carbonyl (C=O) groups excluding carboxylic acids is 2. The number of benzene rings is 1. The predicted molar refractivity (Wildman–Crippen MR) is 87.4 cm³/mol. The Labute approximate surface area is 140 Å². The van der Waals surface area contributed by atoms with E-state index in [2.05, 4.69) is 5.32 Å². The van der Waals surface area contributed by atoms with Gasteiger partial charge in [-0.3, -0.25) is 4.79 Å². The Morgan fingerprint density at radius 3 is 2.54 bits per heavy atom. The van der Waals surface area contributed by atoms with E-state index in [4.69, 9.17) is 9.15 Å². The molecule has 1 fully saturated rings. The Bertz CT molecular complexity index is 662. The second-order valence-electron chi connectivity index (χ2n) is 5.75. The van der Waals surface area contributed by atoms with E-state index >= 15 is 0 Å². The van der Waals surface area contributed by atoms with Crippen LogP contribution in [0.4, 0.5) is 4.79 Å². The van der Waals surface area contributed by atoms with Crippen molar-refractivity contribution >= 4 is 12.0 Å². The average Bonchev–Trinajstić information content (AvgIpc) is 3.16. The summed E-state index contributed by atoms with van der Waals surface area (Å²) in [5.41, 5.74) is 0.964. The summed E-state index contributed by atoms with van der Waals surface area (Å²) in [6.45, 7) is 1.41. The molecule has 1 N–H and O–H groups in total. The molecule has 6 nitrogen and oxygen atoms in total. The zero-order valence-electron chi connectivity index (χ0n) is 13.3. The number of carbonyl (C=O) groups is 2. The highest BCUT2D eigenvalue weighted by Crippen LogP contribution is 2.13. The molecule has 2 amide bonds. The van der Waals surface area contributed by atoms with E-state index in [9.17, 15) is 9.59 Å². The minimum atomic E-state index is -0.310. The molecular weight excluding hydrogens is 308 g/mol. The number of nitrogens with one attached hydrogen (secondary N) is 1. The highest BCUT2D eigenvalue weighted by Gasteiger charge is 2.25. The summed E-state index contributed by atoms with van der Waals surface area (Å²) in [6.07, 6.45) is 2.56. The molecule has 1 aliphatic rings. The number of hydrogen-bond acceptors (Lipinski definition) is 4. The number of rotatable bonds is 4. The summed E-state index contributed by atoms with van der Waals surface area (Å²) in [6, 6.07) is 12.9. The lowest BCUT2D eigenvalue weighted by molar-refractivity contribution is 0.0797. The van der Waals surface area contributed by atoms with Crippen LogP contribution in [0.25, 0.3) is 0 Å². The average molecular weight is 328 g/mol. The lowest BCUT2D eigenvalue weighted by Crippen LogP contribution is -2.46. The summed E-state index contributed by atoms with van der Waals surface area (Å²) in [5, 5.41) is 2.93. The van der Waals surface area contributed by atoms with Gasteiger partial charge < -0.3 is 19.4 Å². The third kappa shape index (κ3) is 4.16. The molecule has 1 saturated heterocycles. The molecule has 6 heteroatoms. The zero-order valence-corrected chi connectivity index (χ0v) is 13.3. The third-order valence-corrected chi connectivity index (χ3v) is 4.04. The highest BCUT2D eigenvalue weighted by molar-refractivity contribution is 5.91. The minimum Gasteiger partial charge on any atom is -0.459 e. The molecule has 0 bridgehead atoms. The molecule has 126 valence electrons. The van der Waals surface area contributed by atoms with Crippen LogP contribution in [0.5, 0.6) is 0 Å². The molecule has 3 rings (SSSR count). The molecule has 0 unspecified atom stereocenters. The van der Waals surface area contributed by atoms with Crippen molar-refractivity contribution in [3.63, 3.8) is 0 Å². The van der Waals surface area contributed by atoms with Gasteiger partial charge in [0.15, 0.2) is 5.76 Å². The quantitative estimate of drug-likeness (QED) is 0.937. The van der Waals surface area contributed by atoms with Crippen LogP contribution in [0.3, 0.4) is 0 Å². The number of amides is 2. The van der Waals surface area contributed by atoms with Crippen molar-refractivity contribution in [1.29, 1.82) is 0 Å². The summed E-state index contributed by atoms with van der Waals surface area (Å²) in [5.74, 6) is 0.0878. The van der Waals surface area contributed by atoms with E-state index < -0.39 is 0 Å². The fourth-order valence-electron chi connectivity index (χ4n) is 2.68. The van der Waals surface area contributed by atoms with Crippen molar-refractivity contribution < 1.29 is 18.7 Å². The molecule has 24 heavy (non-hydrogen) atoms. The lowest BCUT2D eigenvalue weighted by Gasteiger charge is -2.31. The van der Waals surface area contributed by atoms with Gasteiger partial charge >= 0.3 is 6.09 Å². The van der Waals surface area contributed by atoms with Crippen LogP contribution in [0.2, 0.25) is 0 Å². The summed E-state index contributed by atoms with van der Waals surface area (Å²) < 4.78 is 10.4. The Kier molecular flexibility index (Phi) is 5.15. The first-order valence-electron chi connectivity index (χ1n) is 8.02. The largest absolute Gasteiger partial charge is 0.459 e. The van der Waals surface area contributed by atoms with Crippen molar-refractivity contribution in [2.75, 3.05) is 13.1 Å².